The van der Waals surface area contributed by atoms with Gasteiger partial charge >= 0.3 is 6.09 Å². The van der Waals surface area contributed by atoms with Crippen LogP contribution in [0.4, 0.5) is 4.79 Å². The lowest BCUT2D eigenvalue weighted by atomic mass is 10.1. The van der Waals surface area contributed by atoms with Crippen molar-refractivity contribution >= 4 is 12.1 Å². The van der Waals surface area contributed by atoms with E-state index in [9.17, 15) is 4.79 Å². The van der Waals surface area contributed by atoms with Gasteiger partial charge in [-0.05, 0) is 38.8 Å². The summed E-state index contributed by atoms with van der Waals surface area (Å²) >= 11 is 0. The number of rotatable bonds is 8. The second kappa shape index (κ2) is 11.2. The van der Waals surface area contributed by atoms with Gasteiger partial charge in [-0.15, -0.1) is 0 Å². The molecule has 0 saturated heterocycles. The monoisotopic (exact) mass is 414 g/mol. The van der Waals surface area contributed by atoms with Crippen molar-refractivity contribution in [1.82, 2.24) is 25.1 Å². The Morgan fingerprint density at radius 3 is 2.50 bits per heavy atom. The molecular weight excluding hydrogens is 380 g/mol. The highest BCUT2D eigenvalue weighted by atomic mass is 16.6. The van der Waals surface area contributed by atoms with Crippen LogP contribution in [0.5, 0.6) is 0 Å². The molecule has 2 rings (SSSR count). The predicted molar refractivity (Wildman–Crippen MR) is 119 cm³/mol. The number of hydrogen-bond acceptors (Lipinski definition) is 4. The van der Waals surface area contributed by atoms with Crippen molar-refractivity contribution in [2.45, 2.75) is 52.9 Å². The van der Waals surface area contributed by atoms with Gasteiger partial charge in [0.25, 0.3) is 0 Å². The summed E-state index contributed by atoms with van der Waals surface area (Å²) in [5, 5.41) is 6.59. The Balaban J connectivity index is 1.85. The number of ether oxygens (including phenoxy) is 1. The first-order valence-electron chi connectivity index (χ1n) is 10.3. The number of benzene rings is 1. The summed E-state index contributed by atoms with van der Waals surface area (Å²) < 4.78 is 7.41. The normalized spacial score (nSPS) is 11.8. The molecule has 8 nitrogen and oxygen atoms in total. The van der Waals surface area contributed by atoms with E-state index >= 15 is 0 Å². The number of hydrogen-bond donors (Lipinski definition) is 2. The van der Waals surface area contributed by atoms with Crippen LogP contribution in [0.15, 0.2) is 48.0 Å². The second-order valence-electron chi connectivity index (χ2n) is 8.08. The number of nitrogens with zero attached hydrogens (tertiary/aromatic N) is 4. The van der Waals surface area contributed by atoms with Crippen molar-refractivity contribution in [3.05, 3.63) is 54.1 Å². The standard InChI is InChI=1S/C22H34N6O2/c1-6-24-20(25-12-14-28-13-11-23-17-28)26-15-18-7-9-19(10-8-18)16-27(5)21(29)30-22(2,3)4/h7-11,13,17H,6,12,14-16H2,1-5H3,(H2,24,25,26). The topological polar surface area (TPSA) is 83.8 Å². The first kappa shape index (κ1) is 23.3. The molecule has 1 aromatic carbocycles. The van der Waals surface area contributed by atoms with Gasteiger partial charge in [0.05, 0.1) is 12.9 Å². The minimum Gasteiger partial charge on any atom is -0.444 e. The molecule has 1 heterocycles. The highest BCUT2D eigenvalue weighted by Gasteiger charge is 2.19. The maximum atomic E-state index is 12.1. The molecule has 2 N–H and O–H groups in total. The maximum Gasteiger partial charge on any atom is 0.410 e. The van der Waals surface area contributed by atoms with Gasteiger partial charge in [0.2, 0.25) is 0 Å². The number of aliphatic imine (C=N–C) groups is 1. The number of carbonyl (C=O) groups is 1. The van der Waals surface area contributed by atoms with Gasteiger partial charge in [0.15, 0.2) is 5.96 Å². The Morgan fingerprint density at radius 1 is 1.20 bits per heavy atom. The van der Waals surface area contributed by atoms with Gasteiger partial charge in [-0.2, -0.15) is 0 Å². The molecule has 1 aromatic heterocycles. The van der Waals surface area contributed by atoms with Gasteiger partial charge in [-0.3, -0.25) is 0 Å². The molecule has 0 aliphatic carbocycles. The molecule has 2 aromatic rings. The van der Waals surface area contributed by atoms with E-state index in [1.807, 2.05) is 62.7 Å². The van der Waals surface area contributed by atoms with E-state index in [4.69, 9.17) is 4.74 Å². The minimum atomic E-state index is -0.496. The van der Waals surface area contributed by atoms with Gasteiger partial charge in [-0.25, -0.2) is 14.8 Å². The number of nitrogens with one attached hydrogen (secondary N) is 2. The van der Waals surface area contributed by atoms with E-state index < -0.39 is 5.60 Å². The molecule has 0 radical (unpaired) electrons. The lowest BCUT2D eigenvalue weighted by molar-refractivity contribution is 0.0285. The molecule has 8 heteroatoms. The number of aromatic nitrogens is 2. The maximum absolute atomic E-state index is 12.1. The minimum absolute atomic E-state index is 0.326. The van der Waals surface area contributed by atoms with Crippen LogP contribution in [0.25, 0.3) is 0 Å². The Kier molecular flexibility index (Phi) is 8.70. The lowest BCUT2D eigenvalue weighted by Crippen LogP contribution is -2.38. The first-order valence-corrected chi connectivity index (χ1v) is 10.3. The van der Waals surface area contributed by atoms with E-state index in [1.54, 1.807) is 24.5 Å². The molecule has 164 valence electrons. The Morgan fingerprint density at radius 2 is 1.90 bits per heavy atom. The molecule has 0 aliphatic heterocycles. The molecule has 0 fully saturated rings. The van der Waals surface area contributed by atoms with Crippen LogP contribution < -0.4 is 10.6 Å². The molecular formula is C22H34N6O2. The van der Waals surface area contributed by atoms with Crippen LogP contribution in [-0.2, 0) is 24.4 Å². The van der Waals surface area contributed by atoms with Crippen molar-refractivity contribution in [3.8, 4) is 0 Å². The third kappa shape index (κ3) is 8.55. The van der Waals surface area contributed by atoms with E-state index in [-0.39, 0.29) is 6.09 Å². The zero-order valence-electron chi connectivity index (χ0n) is 18.7. The highest BCUT2D eigenvalue weighted by Crippen LogP contribution is 2.12. The second-order valence-corrected chi connectivity index (χ2v) is 8.08. The molecule has 0 unspecified atom stereocenters. The molecule has 0 bridgehead atoms. The molecule has 1 amide bonds. The van der Waals surface area contributed by atoms with Crippen molar-refractivity contribution in [2.75, 3.05) is 20.1 Å². The van der Waals surface area contributed by atoms with Gasteiger partial charge in [0, 0.05) is 45.6 Å². The average Bonchev–Trinajstić information content (AvgIpc) is 3.19. The van der Waals surface area contributed by atoms with Crippen molar-refractivity contribution in [3.63, 3.8) is 0 Å². The quantitative estimate of drug-likeness (QED) is 0.512. The van der Waals surface area contributed by atoms with Crippen molar-refractivity contribution in [1.29, 1.82) is 0 Å². The smallest absolute Gasteiger partial charge is 0.410 e. The summed E-state index contributed by atoms with van der Waals surface area (Å²) in [6, 6.07) is 8.11. The predicted octanol–water partition coefficient (Wildman–Crippen LogP) is 3.01. The van der Waals surface area contributed by atoms with Crippen LogP contribution in [0.1, 0.15) is 38.8 Å². The fourth-order valence-electron chi connectivity index (χ4n) is 2.66. The summed E-state index contributed by atoms with van der Waals surface area (Å²) in [7, 11) is 1.74. The van der Waals surface area contributed by atoms with Gasteiger partial charge in [0.1, 0.15) is 5.60 Å². The largest absolute Gasteiger partial charge is 0.444 e. The van der Waals surface area contributed by atoms with E-state index in [2.05, 4.69) is 20.6 Å². The molecule has 0 spiro atoms. The molecule has 0 aliphatic rings. The Hall–Kier alpha value is -3.03. The van der Waals surface area contributed by atoms with E-state index in [0.717, 1.165) is 36.7 Å². The fourth-order valence-corrected chi connectivity index (χ4v) is 2.66. The van der Waals surface area contributed by atoms with Crippen molar-refractivity contribution in [2.24, 2.45) is 4.99 Å². The van der Waals surface area contributed by atoms with Crippen LogP contribution in [0.3, 0.4) is 0 Å². The van der Waals surface area contributed by atoms with Crippen LogP contribution >= 0.6 is 0 Å². The molecule has 0 atom stereocenters. The zero-order valence-corrected chi connectivity index (χ0v) is 18.7. The van der Waals surface area contributed by atoms with Gasteiger partial charge in [-0.1, -0.05) is 24.3 Å². The highest BCUT2D eigenvalue weighted by molar-refractivity contribution is 5.79. The summed E-state index contributed by atoms with van der Waals surface area (Å²) in [4.78, 5) is 22.4. The number of amides is 1. The third-order valence-electron chi connectivity index (χ3n) is 4.13. The Bertz CT molecular complexity index is 794. The SMILES string of the molecule is CCNC(=NCc1ccc(CN(C)C(=O)OC(C)(C)C)cc1)NCCn1ccnc1. The molecule has 30 heavy (non-hydrogen) atoms. The number of imidazole rings is 1. The number of guanidine groups is 1. The third-order valence-corrected chi connectivity index (χ3v) is 4.13. The first-order chi connectivity index (χ1) is 14.3. The van der Waals surface area contributed by atoms with Crippen LogP contribution in [0.2, 0.25) is 0 Å². The summed E-state index contributed by atoms with van der Waals surface area (Å²) in [5.41, 5.74) is 1.65. The van der Waals surface area contributed by atoms with Crippen molar-refractivity contribution < 1.29 is 9.53 Å². The summed E-state index contributed by atoms with van der Waals surface area (Å²) in [6.07, 6.45) is 5.18. The summed E-state index contributed by atoms with van der Waals surface area (Å²) in [6.45, 7) is 11.1. The van der Waals surface area contributed by atoms with Gasteiger partial charge < -0.3 is 24.8 Å². The van der Waals surface area contributed by atoms with Crippen LogP contribution in [0, 0.1) is 0 Å². The molecule has 0 saturated carbocycles. The number of carbonyl (C=O) groups excluding carboxylic acids is 1. The summed E-state index contributed by atoms with van der Waals surface area (Å²) in [5.74, 6) is 0.784. The van der Waals surface area contributed by atoms with E-state index in [0.29, 0.717) is 13.1 Å². The van der Waals surface area contributed by atoms with Crippen LogP contribution in [-0.4, -0.2) is 52.2 Å². The fraction of sp³-hybridized carbons (Fsp3) is 0.500. The Labute approximate surface area is 179 Å². The average molecular weight is 415 g/mol. The lowest BCUT2D eigenvalue weighted by Gasteiger charge is -2.24. The van der Waals surface area contributed by atoms with E-state index in [1.165, 1.54) is 0 Å². The zero-order chi connectivity index (χ0) is 22.0.